The molecule has 0 atom stereocenters. The summed E-state index contributed by atoms with van der Waals surface area (Å²) in [5.41, 5.74) is 9.32. The smallest absolute Gasteiger partial charge is 0.335 e. The number of nitrogens with zero attached hydrogens (tertiary/aromatic N) is 2. The summed E-state index contributed by atoms with van der Waals surface area (Å²) in [5.74, 6) is -1.73. The number of hydrogen-bond donors (Lipinski definition) is 4. The number of primary amides is 1. The van der Waals surface area contributed by atoms with Crippen molar-refractivity contribution in [2.24, 2.45) is 5.73 Å². The zero-order valence-corrected chi connectivity index (χ0v) is 17.6. The minimum absolute atomic E-state index is 0.104. The fraction of sp³-hybridized carbons (Fsp3) is 0. The summed E-state index contributed by atoms with van der Waals surface area (Å²) in [6, 6.07) is 17.1. The lowest BCUT2D eigenvalue weighted by molar-refractivity contribution is 0.0696. The van der Waals surface area contributed by atoms with E-state index in [-0.39, 0.29) is 16.7 Å². The Morgan fingerprint density at radius 2 is 1.71 bits per heavy atom. The van der Waals surface area contributed by atoms with Gasteiger partial charge in [-0.25, -0.2) is 9.78 Å². The summed E-state index contributed by atoms with van der Waals surface area (Å²) in [5, 5.41) is 13.5. The van der Waals surface area contributed by atoms with Gasteiger partial charge in [0.2, 0.25) is 0 Å². The molecule has 166 valence electrons. The molecule has 0 radical (unpaired) electrons. The van der Waals surface area contributed by atoms with Crippen LogP contribution in [0.25, 0.3) is 32.9 Å². The van der Waals surface area contributed by atoms with Crippen LogP contribution in [0.2, 0.25) is 0 Å². The second kappa shape index (κ2) is 8.14. The van der Waals surface area contributed by atoms with E-state index in [1.165, 1.54) is 24.7 Å². The normalized spacial score (nSPS) is 10.9. The first-order valence-corrected chi connectivity index (χ1v) is 10.2. The molecule has 0 saturated carbocycles. The van der Waals surface area contributed by atoms with Gasteiger partial charge in [0.15, 0.2) is 0 Å². The lowest BCUT2D eigenvalue weighted by Gasteiger charge is -2.14. The van der Waals surface area contributed by atoms with E-state index >= 15 is 0 Å². The highest BCUT2D eigenvalue weighted by Gasteiger charge is 2.15. The van der Waals surface area contributed by atoms with E-state index in [0.717, 1.165) is 11.1 Å². The van der Waals surface area contributed by atoms with Crippen LogP contribution in [0.4, 0.5) is 11.4 Å². The number of fused-ring (bicyclic) bond motifs is 2. The van der Waals surface area contributed by atoms with Gasteiger partial charge in [-0.05, 0) is 47.5 Å². The summed E-state index contributed by atoms with van der Waals surface area (Å²) in [4.78, 5) is 46.7. The predicted octanol–water partition coefficient (Wildman–Crippen LogP) is 3.68. The van der Waals surface area contributed by atoms with Gasteiger partial charge < -0.3 is 21.1 Å². The quantitative estimate of drug-likeness (QED) is 0.318. The van der Waals surface area contributed by atoms with Crippen molar-refractivity contribution in [1.29, 1.82) is 0 Å². The molecule has 3 aromatic carbocycles. The molecule has 2 heterocycles. The summed E-state index contributed by atoms with van der Waals surface area (Å²) < 4.78 is 0. The summed E-state index contributed by atoms with van der Waals surface area (Å²) in [6.07, 6.45) is 2.74. The van der Waals surface area contributed by atoms with Gasteiger partial charge in [-0.1, -0.05) is 24.3 Å². The highest BCUT2D eigenvalue weighted by Crippen LogP contribution is 2.32. The minimum Gasteiger partial charge on any atom is -0.478 e. The van der Waals surface area contributed by atoms with Gasteiger partial charge in [-0.2, -0.15) is 0 Å². The molecule has 0 aliphatic heterocycles. The van der Waals surface area contributed by atoms with Crippen LogP contribution < -0.4 is 16.6 Å². The van der Waals surface area contributed by atoms with E-state index in [1.54, 1.807) is 30.3 Å². The van der Waals surface area contributed by atoms with E-state index in [1.807, 2.05) is 18.2 Å². The van der Waals surface area contributed by atoms with E-state index in [2.05, 4.69) is 20.3 Å². The number of aromatic carboxylic acids is 1. The second-order valence-corrected chi connectivity index (χ2v) is 7.62. The Kier molecular flexibility index (Phi) is 4.98. The molecule has 34 heavy (non-hydrogen) atoms. The molecular weight excluding hydrogens is 434 g/mol. The Labute approximate surface area is 191 Å². The first-order valence-electron chi connectivity index (χ1n) is 10.2. The topological polar surface area (TPSA) is 151 Å². The van der Waals surface area contributed by atoms with Gasteiger partial charge in [0.25, 0.3) is 11.5 Å². The zero-order chi connectivity index (χ0) is 23.8. The van der Waals surface area contributed by atoms with E-state index in [4.69, 9.17) is 5.73 Å². The number of carbonyl (C=O) groups is 2. The second-order valence-electron chi connectivity index (χ2n) is 7.62. The molecule has 5 N–H and O–H groups in total. The Bertz CT molecular complexity index is 1680. The van der Waals surface area contributed by atoms with Crippen LogP contribution in [0.5, 0.6) is 0 Å². The largest absolute Gasteiger partial charge is 0.478 e. The SMILES string of the molecule is NC(=O)c1cnc2cc(-c3ccc4nc[nH]c(=O)c4c3)ccc2c1Nc1cccc(C(=O)O)c1. The van der Waals surface area contributed by atoms with Gasteiger partial charge in [0.1, 0.15) is 0 Å². The molecule has 0 saturated heterocycles. The van der Waals surface area contributed by atoms with E-state index in [0.29, 0.717) is 33.2 Å². The average molecular weight is 451 g/mol. The third kappa shape index (κ3) is 3.71. The Balaban J connectivity index is 1.63. The maximum Gasteiger partial charge on any atom is 0.335 e. The molecule has 9 heteroatoms. The highest BCUT2D eigenvalue weighted by molar-refractivity contribution is 6.08. The van der Waals surface area contributed by atoms with Gasteiger partial charge >= 0.3 is 5.97 Å². The number of hydrogen-bond acceptors (Lipinski definition) is 6. The van der Waals surface area contributed by atoms with Crippen LogP contribution in [0.1, 0.15) is 20.7 Å². The molecule has 9 nitrogen and oxygen atoms in total. The van der Waals surface area contributed by atoms with E-state index in [9.17, 15) is 19.5 Å². The number of benzene rings is 3. The van der Waals surface area contributed by atoms with Crippen molar-refractivity contribution in [2.75, 3.05) is 5.32 Å². The van der Waals surface area contributed by atoms with Crippen LogP contribution in [-0.4, -0.2) is 31.9 Å². The van der Waals surface area contributed by atoms with Crippen LogP contribution in [0.3, 0.4) is 0 Å². The molecule has 0 spiro atoms. The molecular formula is C25H17N5O4. The van der Waals surface area contributed by atoms with Crippen LogP contribution in [0, 0.1) is 0 Å². The maximum atomic E-state index is 12.2. The van der Waals surface area contributed by atoms with Crippen molar-refractivity contribution in [3.05, 3.63) is 94.7 Å². The molecule has 0 aliphatic rings. The van der Waals surface area contributed by atoms with Crippen molar-refractivity contribution in [1.82, 2.24) is 15.0 Å². The molecule has 0 bridgehead atoms. The van der Waals surface area contributed by atoms with Crippen LogP contribution in [0.15, 0.2) is 78.0 Å². The number of H-pyrrole nitrogens is 1. The average Bonchev–Trinajstić information content (AvgIpc) is 2.84. The number of rotatable bonds is 5. The Morgan fingerprint density at radius 3 is 2.50 bits per heavy atom. The third-order valence-electron chi connectivity index (χ3n) is 5.49. The van der Waals surface area contributed by atoms with Gasteiger partial charge in [0.05, 0.1) is 39.6 Å². The van der Waals surface area contributed by atoms with Crippen LogP contribution in [-0.2, 0) is 0 Å². The van der Waals surface area contributed by atoms with Crippen LogP contribution >= 0.6 is 0 Å². The lowest BCUT2D eigenvalue weighted by atomic mass is 10.0. The molecule has 2 aromatic heterocycles. The van der Waals surface area contributed by atoms with Crippen molar-refractivity contribution >= 4 is 45.1 Å². The van der Waals surface area contributed by atoms with Crippen molar-refractivity contribution in [2.45, 2.75) is 0 Å². The van der Waals surface area contributed by atoms with Crippen molar-refractivity contribution in [3.63, 3.8) is 0 Å². The lowest BCUT2D eigenvalue weighted by Crippen LogP contribution is -2.14. The first kappa shape index (κ1) is 20.8. The summed E-state index contributed by atoms with van der Waals surface area (Å²) >= 11 is 0. The number of carboxylic acid groups (broad SMARTS) is 1. The van der Waals surface area contributed by atoms with E-state index < -0.39 is 11.9 Å². The number of nitrogens with one attached hydrogen (secondary N) is 2. The van der Waals surface area contributed by atoms with Gasteiger partial charge in [0, 0.05) is 17.3 Å². The number of anilines is 2. The fourth-order valence-corrected chi connectivity index (χ4v) is 3.82. The number of aromatic nitrogens is 3. The number of pyridine rings is 1. The molecule has 0 fully saturated rings. The molecule has 1 amide bonds. The number of carboxylic acids is 1. The minimum atomic E-state index is -1.06. The number of aromatic amines is 1. The Hall–Kier alpha value is -5.05. The summed E-state index contributed by atoms with van der Waals surface area (Å²) in [7, 11) is 0. The van der Waals surface area contributed by atoms with Gasteiger partial charge in [-0.3, -0.25) is 14.6 Å². The first-order chi connectivity index (χ1) is 16.4. The third-order valence-corrected chi connectivity index (χ3v) is 5.49. The summed E-state index contributed by atoms with van der Waals surface area (Å²) in [6.45, 7) is 0. The standard InChI is InChI=1S/C25H17N5O4/c26-23(31)19-11-27-21-10-14(13-5-7-20-18(9-13)24(32)29-12-28-20)4-6-17(21)22(19)30-16-3-1-2-15(8-16)25(33)34/h1-12H,(H2,26,31)(H,27,30)(H,33,34)(H,28,29,32). The monoisotopic (exact) mass is 451 g/mol. The van der Waals surface area contributed by atoms with Crippen molar-refractivity contribution < 1.29 is 14.7 Å². The van der Waals surface area contributed by atoms with Gasteiger partial charge in [-0.15, -0.1) is 0 Å². The zero-order valence-electron chi connectivity index (χ0n) is 17.6. The number of nitrogens with two attached hydrogens (primary N) is 1. The number of amides is 1. The molecule has 5 rings (SSSR count). The number of carbonyl (C=O) groups excluding carboxylic acids is 1. The predicted molar refractivity (Wildman–Crippen MR) is 128 cm³/mol. The Morgan fingerprint density at radius 1 is 0.912 bits per heavy atom. The maximum absolute atomic E-state index is 12.2. The fourth-order valence-electron chi connectivity index (χ4n) is 3.82. The van der Waals surface area contributed by atoms with Crippen molar-refractivity contribution in [3.8, 4) is 11.1 Å². The molecule has 5 aromatic rings. The molecule has 0 aliphatic carbocycles. The molecule has 0 unspecified atom stereocenters. The highest BCUT2D eigenvalue weighted by atomic mass is 16.4.